The minimum atomic E-state index is -1.14. The predicted molar refractivity (Wildman–Crippen MR) is 87.0 cm³/mol. The van der Waals surface area contributed by atoms with Crippen LogP contribution in [0.3, 0.4) is 0 Å². The van der Waals surface area contributed by atoms with Gasteiger partial charge in [-0.25, -0.2) is 8.78 Å². The molecule has 0 heterocycles. The van der Waals surface area contributed by atoms with Gasteiger partial charge in [0.25, 0.3) is 0 Å². The van der Waals surface area contributed by atoms with Gasteiger partial charge in [-0.05, 0) is 49.4 Å². The maximum Gasteiger partial charge on any atom is 0.384 e. The minimum absolute atomic E-state index is 0.760. The van der Waals surface area contributed by atoms with Crippen molar-refractivity contribution in [2.75, 3.05) is 13.2 Å². The molecule has 5 heteroatoms. The van der Waals surface area contributed by atoms with E-state index in [1.165, 1.54) is 12.1 Å². The average Bonchev–Trinajstić information content (AvgIpc) is 2.52. The molecule has 0 aliphatic carbocycles. The third-order valence-electron chi connectivity index (χ3n) is 3.26. The summed E-state index contributed by atoms with van der Waals surface area (Å²) in [5, 5.41) is 0. The van der Waals surface area contributed by atoms with Crippen LogP contribution >= 0.6 is 0 Å². The molecule has 0 aliphatic rings. The van der Waals surface area contributed by atoms with Crippen LogP contribution in [-0.4, -0.2) is 22.5 Å². The van der Waals surface area contributed by atoms with Crippen molar-refractivity contribution in [1.29, 1.82) is 0 Å². The first-order valence-corrected chi connectivity index (χ1v) is 9.75. The Bertz CT molecular complexity index is 408. The van der Waals surface area contributed by atoms with Gasteiger partial charge in [0.15, 0.2) is 11.6 Å². The number of rotatable bonds is 12. The van der Waals surface area contributed by atoms with E-state index in [2.05, 4.69) is 13.8 Å². The van der Waals surface area contributed by atoms with Gasteiger partial charge >= 0.3 is 9.28 Å². The first-order chi connectivity index (χ1) is 10.7. The lowest BCUT2D eigenvalue weighted by Crippen LogP contribution is -2.23. The summed E-state index contributed by atoms with van der Waals surface area (Å²) in [6.45, 7) is 5.74. The van der Waals surface area contributed by atoms with Crippen LogP contribution < -0.4 is 0 Å². The number of hydrogen-bond donors (Lipinski definition) is 0. The lowest BCUT2D eigenvalue weighted by atomic mass is 10.1. The van der Waals surface area contributed by atoms with E-state index in [0.717, 1.165) is 63.3 Å². The first-order valence-electron chi connectivity index (χ1n) is 8.22. The Morgan fingerprint density at radius 1 is 0.909 bits per heavy atom. The summed E-state index contributed by atoms with van der Waals surface area (Å²) in [6.07, 6.45) is 5.90. The molecule has 1 aromatic rings. The largest absolute Gasteiger partial charge is 0.393 e. The molecule has 0 amide bonds. The summed E-state index contributed by atoms with van der Waals surface area (Å²) in [6, 6.07) is 5.13. The first kappa shape index (κ1) is 19.3. The van der Waals surface area contributed by atoms with Gasteiger partial charge in [-0.3, -0.25) is 0 Å². The van der Waals surface area contributed by atoms with Crippen molar-refractivity contribution in [3.8, 4) is 0 Å². The van der Waals surface area contributed by atoms with E-state index in [9.17, 15) is 8.78 Å². The van der Waals surface area contributed by atoms with E-state index in [1.54, 1.807) is 6.07 Å². The number of halogens is 2. The molecule has 0 bridgehead atoms. The van der Waals surface area contributed by atoms with Crippen LogP contribution in [0, 0.1) is 11.6 Å². The highest BCUT2D eigenvalue weighted by Gasteiger charge is 2.14. The summed E-state index contributed by atoms with van der Waals surface area (Å²) in [4.78, 5) is 0. The number of unbranched alkanes of at least 4 members (excludes halogenated alkanes) is 2. The van der Waals surface area contributed by atoms with Crippen LogP contribution in [0.15, 0.2) is 18.2 Å². The summed E-state index contributed by atoms with van der Waals surface area (Å²) in [7, 11) is -1.14. The molecule has 2 nitrogen and oxygen atoms in total. The molecular formula is C17H27F2O2Si. The lowest BCUT2D eigenvalue weighted by Gasteiger charge is -2.14. The summed E-state index contributed by atoms with van der Waals surface area (Å²) in [5.41, 5.74) is 0.855. The van der Waals surface area contributed by atoms with Crippen LogP contribution in [0.1, 0.15) is 51.5 Å². The van der Waals surface area contributed by atoms with Gasteiger partial charge in [-0.15, -0.1) is 0 Å². The summed E-state index contributed by atoms with van der Waals surface area (Å²) < 4.78 is 37.5. The van der Waals surface area contributed by atoms with Crippen LogP contribution in [-0.2, 0) is 15.3 Å². The second-order valence-corrected chi connectivity index (χ2v) is 7.20. The topological polar surface area (TPSA) is 18.5 Å². The Hall–Kier alpha value is -0.783. The molecule has 0 N–H and O–H groups in total. The van der Waals surface area contributed by atoms with Crippen molar-refractivity contribution < 1.29 is 17.6 Å². The Labute approximate surface area is 134 Å². The van der Waals surface area contributed by atoms with E-state index in [4.69, 9.17) is 8.85 Å². The Morgan fingerprint density at radius 3 is 2.18 bits per heavy atom. The van der Waals surface area contributed by atoms with Gasteiger partial charge in [-0.2, -0.15) is 0 Å². The number of aryl methyl sites for hydroxylation is 1. The average molecular weight is 329 g/mol. The zero-order chi connectivity index (χ0) is 16.2. The van der Waals surface area contributed by atoms with Gasteiger partial charge in [0.1, 0.15) is 0 Å². The minimum Gasteiger partial charge on any atom is -0.393 e. The second-order valence-electron chi connectivity index (χ2n) is 5.38. The SMILES string of the molecule is CCCO[Si](CCCCCc1ccc(F)c(F)c1)OCCC. The van der Waals surface area contributed by atoms with Crippen molar-refractivity contribution in [1.82, 2.24) is 0 Å². The van der Waals surface area contributed by atoms with Crippen molar-refractivity contribution in [3.63, 3.8) is 0 Å². The lowest BCUT2D eigenvalue weighted by molar-refractivity contribution is 0.195. The van der Waals surface area contributed by atoms with Gasteiger partial charge in [-0.1, -0.05) is 32.8 Å². The molecule has 0 saturated carbocycles. The third-order valence-corrected chi connectivity index (χ3v) is 5.08. The fourth-order valence-corrected chi connectivity index (χ4v) is 3.86. The highest BCUT2D eigenvalue weighted by Crippen LogP contribution is 2.13. The van der Waals surface area contributed by atoms with Gasteiger partial charge < -0.3 is 8.85 Å². The Balaban J connectivity index is 2.19. The zero-order valence-corrected chi connectivity index (χ0v) is 14.7. The predicted octanol–water partition coefficient (Wildman–Crippen LogP) is 5.02. The smallest absolute Gasteiger partial charge is 0.384 e. The monoisotopic (exact) mass is 329 g/mol. The van der Waals surface area contributed by atoms with E-state index >= 15 is 0 Å². The third kappa shape index (κ3) is 8.01. The standard InChI is InChI=1S/C17H27F2O2Si/c1-3-11-20-22(21-12-4-2)13-7-5-6-8-15-9-10-16(18)17(19)14-15/h9-10,14H,3-8,11-13H2,1-2H3. The van der Waals surface area contributed by atoms with Gasteiger partial charge in [0, 0.05) is 13.2 Å². The van der Waals surface area contributed by atoms with Crippen LogP contribution in [0.2, 0.25) is 6.04 Å². The fourth-order valence-electron chi connectivity index (χ4n) is 2.09. The molecule has 0 fully saturated rings. The normalized spacial score (nSPS) is 11.3. The van der Waals surface area contributed by atoms with E-state index < -0.39 is 20.9 Å². The molecule has 1 radical (unpaired) electrons. The Kier molecular flexibility index (Phi) is 10.3. The highest BCUT2D eigenvalue weighted by atomic mass is 28.3. The second kappa shape index (κ2) is 11.7. The van der Waals surface area contributed by atoms with Gasteiger partial charge in [0.2, 0.25) is 0 Å². The molecule has 0 atom stereocenters. The van der Waals surface area contributed by atoms with E-state index in [-0.39, 0.29) is 0 Å². The number of benzene rings is 1. The highest BCUT2D eigenvalue weighted by molar-refractivity contribution is 6.44. The van der Waals surface area contributed by atoms with Crippen molar-refractivity contribution in [3.05, 3.63) is 35.4 Å². The Morgan fingerprint density at radius 2 is 1.59 bits per heavy atom. The molecule has 0 saturated heterocycles. The quantitative estimate of drug-likeness (QED) is 0.396. The molecule has 22 heavy (non-hydrogen) atoms. The molecule has 0 aliphatic heterocycles. The number of hydrogen-bond acceptors (Lipinski definition) is 2. The fraction of sp³-hybridized carbons (Fsp3) is 0.647. The maximum absolute atomic E-state index is 13.1. The molecule has 0 aromatic heterocycles. The molecule has 0 spiro atoms. The molecule has 1 rings (SSSR count). The molecule has 0 unspecified atom stereocenters. The van der Waals surface area contributed by atoms with Crippen molar-refractivity contribution in [2.24, 2.45) is 0 Å². The van der Waals surface area contributed by atoms with E-state index in [0.29, 0.717) is 0 Å². The zero-order valence-electron chi connectivity index (χ0n) is 13.7. The molecular weight excluding hydrogens is 302 g/mol. The van der Waals surface area contributed by atoms with Crippen molar-refractivity contribution >= 4 is 9.28 Å². The van der Waals surface area contributed by atoms with Gasteiger partial charge in [0.05, 0.1) is 0 Å². The van der Waals surface area contributed by atoms with Crippen LogP contribution in [0.5, 0.6) is 0 Å². The molecule has 125 valence electrons. The summed E-state index contributed by atoms with van der Waals surface area (Å²) >= 11 is 0. The molecule has 1 aromatic carbocycles. The van der Waals surface area contributed by atoms with Crippen LogP contribution in [0.25, 0.3) is 0 Å². The summed E-state index contributed by atoms with van der Waals surface area (Å²) in [5.74, 6) is -1.54. The van der Waals surface area contributed by atoms with Crippen LogP contribution in [0.4, 0.5) is 8.78 Å². The van der Waals surface area contributed by atoms with Crippen molar-refractivity contribution in [2.45, 2.75) is 58.4 Å². The maximum atomic E-state index is 13.1. The van der Waals surface area contributed by atoms with E-state index in [1.807, 2.05) is 0 Å².